The number of hydrogen-bond donors (Lipinski definition) is 4. The number of nitrogens with two attached hydrogens (primary N) is 1. The highest BCUT2D eigenvalue weighted by Gasteiger charge is 2.24. The summed E-state index contributed by atoms with van der Waals surface area (Å²) in [5.41, 5.74) is 4.71. The van der Waals surface area contributed by atoms with E-state index in [9.17, 15) is 14.4 Å². The van der Waals surface area contributed by atoms with E-state index in [0.29, 0.717) is 6.61 Å². The predicted octanol–water partition coefficient (Wildman–Crippen LogP) is 0.903. The summed E-state index contributed by atoms with van der Waals surface area (Å²) >= 11 is 0. The standard InChI is InChI=1S/C18H22N4O4/c19-14-15(21-18(25)22-16(14)23)17(24)20-12-6-8-13(9-7-12)26-10-11-4-2-1-3-5-11/h1-5,12-13H,6-10,19H2,(H,20,24)(H2,21,22,23,25). The number of benzene rings is 1. The predicted molar refractivity (Wildman–Crippen MR) is 96.8 cm³/mol. The monoisotopic (exact) mass is 358 g/mol. The van der Waals surface area contributed by atoms with Gasteiger partial charge in [-0.1, -0.05) is 30.3 Å². The highest BCUT2D eigenvalue weighted by atomic mass is 16.5. The van der Waals surface area contributed by atoms with Gasteiger partial charge in [0.05, 0.1) is 12.7 Å². The number of rotatable bonds is 5. The molecule has 2 aromatic rings. The van der Waals surface area contributed by atoms with Crippen molar-refractivity contribution < 1.29 is 9.53 Å². The molecule has 1 fully saturated rings. The summed E-state index contributed by atoms with van der Waals surface area (Å²) in [6.45, 7) is 0.576. The minimum atomic E-state index is -0.767. The molecule has 0 saturated heterocycles. The number of aromatic amines is 2. The van der Waals surface area contributed by atoms with Crippen molar-refractivity contribution in [3.05, 3.63) is 62.4 Å². The van der Waals surface area contributed by atoms with Gasteiger partial charge in [0.2, 0.25) is 0 Å². The molecule has 5 N–H and O–H groups in total. The first-order valence-corrected chi connectivity index (χ1v) is 8.61. The van der Waals surface area contributed by atoms with Crippen LogP contribution in [0.15, 0.2) is 39.9 Å². The van der Waals surface area contributed by atoms with Crippen molar-refractivity contribution in [1.29, 1.82) is 0 Å². The van der Waals surface area contributed by atoms with Crippen LogP contribution in [0.1, 0.15) is 41.7 Å². The van der Waals surface area contributed by atoms with Gasteiger partial charge in [0, 0.05) is 6.04 Å². The number of ether oxygens (including phenoxy) is 1. The maximum absolute atomic E-state index is 12.3. The second-order valence-corrected chi connectivity index (χ2v) is 6.44. The van der Waals surface area contributed by atoms with E-state index < -0.39 is 17.2 Å². The van der Waals surface area contributed by atoms with Gasteiger partial charge in [-0.15, -0.1) is 0 Å². The molecule has 138 valence electrons. The van der Waals surface area contributed by atoms with E-state index in [4.69, 9.17) is 10.5 Å². The van der Waals surface area contributed by atoms with Crippen molar-refractivity contribution in [3.8, 4) is 0 Å². The molecule has 26 heavy (non-hydrogen) atoms. The molecule has 0 unspecified atom stereocenters. The molecule has 1 aromatic heterocycles. The maximum Gasteiger partial charge on any atom is 0.326 e. The molecule has 0 atom stereocenters. The summed E-state index contributed by atoms with van der Waals surface area (Å²) in [5, 5.41) is 2.83. The zero-order valence-electron chi connectivity index (χ0n) is 14.3. The first-order valence-electron chi connectivity index (χ1n) is 8.61. The molecule has 0 spiro atoms. The molecular weight excluding hydrogens is 336 g/mol. The average molecular weight is 358 g/mol. The van der Waals surface area contributed by atoms with Crippen molar-refractivity contribution in [3.63, 3.8) is 0 Å². The lowest BCUT2D eigenvalue weighted by Gasteiger charge is -2.29. The molecule has 0 aliphatic heterocycles. The van der Waals surface area contributed by atoms with Crippen LogP contribution in [0.3, 0.4) is 0 Å². The number of amides is 1. The summed E-state index contributed by atoms with van der Waals surface area (Å²) < 4.78 is 5.93. The third-order valence-corrected chi connectivity index (χ3v) is 4.54. The molecule has 3 rings (SSSR count). The number of carbonyl (C=O) groups excluding carboxylic acids is 1. The van der Waals surface area contributed by atoms with Gasteiger partial charge < -0.3 is 20.8 Å². The topological polar surface area (TPSA) is 130 Å². The van der Waals surface area contributed by atoms with Gasteiger partial charge in [-0.25, -0.2) is 4.79 Å². The molecule has 1 aliphatic rings. The minimum absolute atomic E-state index is 0.0405. The fourth-order valence-corrected chi connectivity index (χ4v) is 3.09. The van der Waals surface area contributed by atoms with Crippen LogP contribution >= 0.6 is 0 Å². The van der Waals surface area contributed by atoms with Crippen LogP contribution in [-0.4, -0.2) is 28.0 Å². The van der Waals surface area contributed by atoms with Crippen LogP contribution in [0.2, 0.25) is 0 Å². The lowest BCUT2D eigenvalue weighted by atomic mass is 9.93. The van der Waals surface area contributed by atoms with E-state index in [1.54, 1.807) is 0 Å². The Kier molecular flexibility index (Phi) is 5.52. The zero-order chi connectivity index (χ0) is 18.5. The Morgan fingerprint density at radius 1 is 1.12 bits per heavy atom. The summed E-state index contributed by atoms with van der Waals surface area (Å²) in [5.74, 6) is -0.542. The Labute approximate surface area is 149 Å². The summed E-state index contributed by atoms with van der Waals surface area (Å²) in [6.07, 6.45) is 3.35. The third-order valence-electron chi connectivity index (χ3n) is 4.54. The molecule has 1 heterocycles. The van der Waals surface area contributed by atoms with Crippen LogP contribution in [0, 0.1) is 0 Å². The van der Waals surface area contributed by atoms with E-state index in [1.807, 2.05) is 35.3 Å². The van der Waals surface area contributed by atoms with Gasteiger partial charge in [0.25, 0.3) is 11.5 Å². The summed E-state index contributed by atoms with van der Waals surface area (Å²) in [6, 6.07) is 9.95. The molecule has 0 bridgehead atoms. The molecule has 1 saturated carbocycles. The Morgan fingerprint density at radius 3 is 2.50 bits per heavy atom. The van der Waals surface area contributed by atoms with E-state index in [1.165, 1.54) is 0 Å². The van der Waals surface area contributed by atoms with Crippen molar-refractivity contribution in [2.75, 3.05) is 5.73 Å². The lowest BCUT2D eigenvalue weighted by molar-refractivity contribution is 0.0113. The Hall–Kier alpha value is -2.87. The fourth-order valence-electron chi connectivity index (χ4n) is 3.09. The summed E-state index contributed by atoms with van der Waals surface area (Å²) in [4.78, 5) is 39.4. The first kappa shape index (κ1) is 17.9. The highest BCUT2D eigenvalue weighted by Crippen LogP contribution is 2.22. The van der Waals surface area contributed by atoms with E-state index in [0.717, 1.165) is 31.2 Å². The quantitative estimate of drug-likeness (QED) is 0.631. The van der Waals surface area contributed by atoms with Gasteiger partial charge in [-0.3, -0.25) is 14.6 Å². The highest BCUT2D eigenvalue weighted by molar-refractivity contribution is 5.96. The second-order valence-electron chi connectivity index (χ2n) is 6.44. The van der Waals surface area contributed by atoms with Crippen LogP contribution in [0.25, 0.3) is 0 Å². The first-order chi connectivity index (χ1) is 12.5. The van der Waals surface area contributed by atoms with Crippen LogP contribution < -0.4 is 22.3 Å². The van der Waals surface area contributed by atoms with E-state index in [2.05, 4.69) is 10.3 Å². The molecule has 8 nitrogen and oxygen atoms in total. The minimum Gasteiger partial charge on any atom is -0.392 e. The number of H-pyrrole nitrogens is 2. The van der Waals surface area contributed by atoms with Crippen molar-refractivity contribution >= 4 is 11.6 Å². The van der Waals surface area contributed by atoms with Gasteiger partial charge >= 0.3 is 5.69 Å². The van der Waals surface area contributed by atoms with E-state index in [-0.39, 0.29) is 23.5 Å². The molecule has 0 radical (unpaired) electrons. The fraction of sp³-hybridized carbons (Fsp3) is 0.389. The Balaban J connectivity index is 1.50. The Bertz CT molecular complexity index is 867. The van der Waals surface area contributed by atoms with Gasteiger partial charge in [-0.2, -0.15) is 0 Å². The maximum atomic E-state index is 12.3. The zero-order valence-corrected chi connectivity index (χ0v) is 14.3. The van der Waals surface area contributed by atoms with Crippen LogP contribution in [0.5, 0.6) is 0 Å². The van der Waals surface area contributed by atoms with Crippen molar-refractivity contribution in [2.24, 2.45) is 0 Å². The number of nitrogens with one attached hydrogen (secondary N) is 3. The van der Waals surface area contributed by atoms with Crippen LogP contribution in [0.4, 0.5) is 5.69 Å². The number of hydrogen-bond acceptors (Lipinski definition) is 5. The normalized spacial score (nSPS) is 19.8. The number of carbonyl (C=O) groups is 1. The SMILES string of the molecule is Nc1c(C(=O)NC2CCC(OCc3ccccc3)CC2)[nH]c(=O)[nH]c1=O. The average Bonchev–Trinajstić information content (AvgIpc) is 2.65. The molecule has 1 amide bonds. The molecular formula is C18H22N4O4. The van der Waals surface area contributed by atoms with Crippen molar-refractivity contribution in [2.45, 2.75) is 44.4 Å². The molecule has 1 aromatic carbocycles. The number of nitrogen functional groups attached to an aromatic ring is 1. The molecule has 8 heteroatoms. The van der Waals surface area contributed by atoms with Gasteiger partial charge in [-0.05, 0) is 31.2 Å². The third kappa shape index (κ3) is 4.40. The van der Waals surface area contributed by atoms with Gasteiger partial charge in [0.1, 0.15) is 11.4 Å². The van der Waals surface area contributed by atoms with E-state index >= 15 is 0 Å². The lowest BCUT2D eigenvalue weighted by Crippen LogP contribution is -2.41. The number of anilines is 1. The molecule has 1 aliphatic carbocycles. The van der Waals surface area contributed by atoms with Crippen LogP contribution in [-0.2, 0) is 11.3 Å². The summed E-state index contributed by atoms with van der Waals surface area (Å²) in [7, 11) is 0. The van der Waals surface area contributed by atoms with Crippen molar-refractivity contribution in [1.82, 2.24) is 15.3 Å². The largest absolute Gasteiger partial charge is 0.392 e. The van der Waals surface area contributed by atoms with Gasteiger partial charge in [0.15, 0.2) is 0 Å². The smallest absolute Gasteiger partial charge is 0.326 e. The second kappa shape index (κ2) is 8.01. The number of aromatic nitrogens is 2. The Morgan fingerprint density at radius 2 is 1.81 bits per heavy atom.